The van der Waals surface area contributed by atoms with E-state index < -0.39 is 0 Å². The highest BCUT2D eigenvalue weighted by atomic mass is 16.2. The predicted molar refractivity (Wildman–Crippen MR) is 82.1 cm³/mol. The maximum Gasteiger partial charge on any atom is 0.254 e. The van der Waals surface area contributed by atoms with Crippen LogP contribution in [0.3, 0.4) is 0 Å². The van der Waals surface area contributed by atoms with Gasteiger partial charge in [-0.15, -0.1) is 0 Å². The van der Waals surface area contributed by atoms with Crippen LogP contribution >= 0.6 is 0 Å². The van der Waals surface area contributed by atoms with Gasteiger partial charge in [0, 0.05) is 30.9 Å². The van der Waals surface area contributed by atoms with Gasteiger partial charge < -0.3 is 10.2 Å². The molecule has 2 rings (SSSR count). The highest BCUT2D eigenvalue weighted by Gasteiger charge is 2.24. The number of carbonyl (C=O) groups excluding carboxylic acids is 1. The van der Waals surface area contributed by atoms with E-state index in [1.165, 1.54) is 12.8 Å². The summed E-state index contributed by atoms with van der Waals surface area (Å²) in [7, 11) is 1.92. The van der Waals surface area contributed by atoms with Crippen LogP contribution in [0.5, 0.6) is 0 Å². The molecule has 1 fully saturated rings. The fourth-order valence-corrected chi connectivity index (χ4v) is 2.80. The lowest BCUT2D eigenvalue weighted by Gasteiger charge is -2.24. The zero-order chi connectivity index (χ0) is 14.5. The number of hydrogen-bond donors (Lipinski definition) is 1. The van der Waals surface area contributed by atoms with Gasteiger partial charge in [0.25, 0.3) is 5.91 Å². The molecule has 4 nitrogen and oxygen atoms in total. The molecule has 110 valence electrons. The number of nitrogens with one attached hydrogen (secondary N) is 1. The van der Waals surface area contributed by atoms with Crippen LogP contribution in [0.2, 0.25) is 0 Å². The van der Waals surface area contributed by atoms with Crippen molar-refractivity contribution in [2.24, 2.45) is 0 Å². The van der Waals surface area contributed by atoms with Crippen LogP contribution in [-0.4, -0.2) is 35.4 Å². The largest absolute Gasteiger partial charge is 0.370 e. The smallest absolute Gasteiger partial charge is 0.254 e. The monoisotopic (exact) mass is 275 g/mol. The van der Waals surface area contributed by atoms with Crippen LogP contribution in [0.15, 0.2) is 12.1 Å². The highest BCUT2D eigenvalue weighted by Crippen LogP contribution is 2.24. The molecule has 1 aliphatic carbocycles. The number of aromatic nitrogens is 1. The van der Waals surface area contributed by atoms with Gasteiger partial charge >= 0.3 is 0 Å². The Bertz CT molecular complexity index is 467. The summed E-state index contributed by atoms with van der Waals surface area (Å²) in [5.74, 6) is 0.914. The van der Waals surface area contributed by atoms with Crippen LogP contribution < -0.4 is 5.32 Å². The molecule has 1 amide bonds. The van der Waals surface area contributed by atoms with Gasteiger partial charge in [-0.05, 0) is 38.3 Å². The minimum Gasteiger partial charge on any atom is -0.370 e. The normalized spacial score (nSPS) is 15.3. The van der Waals surface area contributed by atoms with Crippen molar-refractivity contribution in [3.05, 3.63) is 23.4 Å². The third-order valence-electron chi connectivity index (χ3n) is 3.95. The van der Waals surface area contributed by atoms with E-state index in [2.05, 4.69) is 17.2 Å². The van der Waals surface area contributed by atoms with Crippen molar-refractivity contribution in [1.82, 2.24) is 9.88 Å². The average molecular weight is 275 g/mol. The molecular formula is C16H25N3O. The molecule has 1 N–H and O–H groups in total. The molecule has 1 aromatic heterocycles. The zero-order valence-corrected chi connectivity index (χ0v) is 12.8. The quantitative estimate of drug-likeness (QED) is 0.897. The zero-order valence-electron chi connectivity index (χ0n) is 12.8. The summed E-state index contributed by atoms with van der Waals surface area (Å²) >= 11 is 0. The van der Waals surface area contributed by atoms with Crippen molar-refractivity contribution in [3.63, 3.8) is 0 Å². The minimum atomic E-state index is 0.113. The van der Waals surface area contributed by atoms with Gasteiger partial charge in [0.2, 0.25) is 0 Å². The molecule has 0 aromatic carbocycles. The molecule has 0 unspecified atom stereocenters. The number of rotatable bonds is 5. The molecule has 0 spiro atoms. The lowest BCUT2D eigenvalue weighted by Crippen LogP contribution is -2.35. The molecule has 0 bridgehead atoms. The summed E-state index contributed by atoms with van der Waals surface area (Å²) in [5, 5.41) is 3.26. The highest BCUT2D eigenvalue weighted by molar-refractivity contribution is 5.95. The number of anilines is 1. The van der Waals surface area contributed by atoms with Crippen molar-refractivity contribution in [2.75, 3.05) is 18.9 Å². The lowest BCUT2D eigenvalue weighted by atomic mass is 10.1. The molecule has 1 saturated carbocycles. The first kappa shape index (κ1) is 14.8. The minimum absolute atomic E-state index is 0.113. The van der Waals surface area contributed by atoms with Crippen molar-refractivity contribution in [1.29, 1.82) is 0 Å². The van der Waals surface area contributed by atoms with E-state index >= 15 is 0 Å². The predicted octanol–water partition coefficient (Wildman–Crippen LogP) is 3.23. The molecule has 4 heteroatoms. The van der Waals surface area contributed by atoms with Crippen molar-refractivity contribution >= 4 is 11.7 Å². The number of nitrogens with zero attached hydrogens (tertiary/aromatic N) is 2. The third kappa shape index (κ3) is 3.50. The molecule has 1 aliphatic rings. The Hall–Kier alpha value is -1.58. The van der Waals surface area contributed by atoms with Gasteiger partial charge in [-0.2, -0.15) is 0 Å². The topological polar surface area (TPSA) is 45.2 Å². The summed E-state index contributed by atoms with van der Waals surface area (Å²) in [5.41, 5.74) is 1.62. The Morgan fingerprint density at radius 2 is 2.10 bits per heavy atom. The molecule has 0 saturated heterocycles. The number of pyridine rings is 1. The van der Waals surface area contributed by atoms with Gasteiger partial charge in [-0.25, -0.2) is 4.98 Å². The molecular weight excluding hydrogens is 250 g/mol. The maximum atomic E-state index is 12.6. The van der Waals surface area contributed by atoms with Crippen LogP contribution in [0.25, 0.3) is 0 Å². The summed E-state index contributed by atoms with van der Waals surface area (Å²) < 4.78 is 0. The third-order valence-corrected chi connectivity index (χ3v) is 3.95. The van der Waals surface area contributed by atoms with Crippen molar-refractivity contribution in [3.8, 4) is 0 Å². The second-order valence-electron chi connectivity index (χ2n) is 5.66. The van der Waals surface area contributed by atoms with Crippen molar-refractivity contribution < 1.29 is 4.79 Å². The van der Waals surface area contributed by atoms with Gasteiger partial charge in [0.05, 0.1) is 0 Å². The Morgan fingerprint density at radius 3 is 2.75 bits per heavy atom. The summed E-state index contributed by atoms with van der Waals surface area (Å²) in [6.07, 6.45) is 5.78. The second kappa shape index (κ2) is 6.73. The summed E-state index contributed by atoms with van der Waals surface area (Å²) in [6, 6.07) is 4.16. The first-order valence-corrected chi connectivity index (χ1v) is 7.61. The number of amides is 1. The van der Waals surface area contributed by atoms with E-state index in [4.69, 9.17) is 0 Å². The van der Waals surface area contributed by atoms with Crippen LogP contribution in [-0.2, 0) is 0 Å². The first-order chi connectivity index (χ1) is 9.61. The lowest BCUT2D eigenvalue weighted by molar-refractivity contribution is 0.0735. The first-order valence-electron chi connectivity index (χ1n) is 7.61. The molecule has 0 atom stereocenters. The van der Waals surface area contributed by atoms with Gasteiger partial charge in [-0.1, -0.05) is 19.8 Å². The molecule has 0 radical (unpaired) electrons. The van der Waals surface area contributed by atoms with Crippen molar-refractivity contribution in [2.45, 2.75) is 52.0 Å². The molecule has 0 aliphatic heterocycles. The standard InChI is InChI=1S/C16H25N3O/c1-4-9-17-15-11-13(10-12(2)18-15)16(20)19(3)14-7-5-6-8-14/h10-11,14H,4-9H2,1-3H3,(H,17,18). The van der Waals surface area contributed by atoms with E-state index in [-0.39, 0.29) is 5.91 Å². The average Bonchev–Trinajstić information content (AvgIpc) is 2.97. The fourth-order valence-electron chi connectivity index (χ4n) is 2.80. The summed E-state index contributed by atoms with van der Waals surface area (Å²) in [4.78, 5) is 18.9. The fraction of sp³-hybridized carbons (Fsp3) is 0.625. The van der Waals surface area contributed by atoms with Crippen LogP contribution in [0.4, 0.5) is 5.82 Å². The van der Waals surface area contributed by atoms with E-state index in [0.717, 1.165) is 42.9 Å². The van der Waals surface area contributed by atoms with Gasteiger partial charge in [-0.3, -0.25) is 4.79 Å². The second-order valence-corrected chi connectivity index (χ2v) is 5.66. The molecule has 1 aromatic rings. The van der Waals surface area contributed by atoms with E-state index in [1.807, 2.05) is 31.0 Å². The Kier molecular flexibility index (Phi) is 4.99. The van der Waals surface area contributed by atoms with Crippen LogP contribution in [0.1, 0.15) is 55.1 Å². The number of aryl methyl sites for hydroxylation is 1. The summed E-state index contributed by atoms with van der Waals surface area (Å²) in [6.45, 7) is 4.93. The van der Waals surface area contributed by atoms with Crippen LogP contribution in [0, 0.1) is 6.92 Å². The number of hydrogen-bond acceptors (Lipinski definition) is 3. The van der Waals surface area contributed by atoms with E-state index in [9.17, 15) is 4.79 Å². The van der Waals surface area contributed by atoms with E-state index in [1.54, 1.807) is 0 Å². The Morgan fingerprint density at radius 1 is 1.40 bits per heavy atom. The SMILES string of the molecule is CCCNc1cc(C(=O)N(C)C2CCCC2)cc(C)n1. The number of carbonyl (C=O) groups is 1. The van der Waals surface area contributed by atoms with Gasteiger partial charge in [0.15, 0.2) is 0 Å². The Labute approximate surface area is 121 Å². The molecule has 1 heterocycles. The Balaban J connectivity index is 2.13. The van der Waals surface area contributed by atoms with Gasteiger partial charge in [0.1, 0.15) is 5.82 Å². The van der Waals surface area contributed by atoms with E-state index in [0.29, 0.717) is 6.04 Å². The maximum absolute atomic E-state index is 12.6. The molecule has 20 heavy (non-hydrogen) atoms.